The predicted molar refractivity (Wildman–Crippen MR) is 229 cm³/mol. The molecule has 0 fully saturated rings. The van der Waals surface area contributed by atoms with Crippen molar-refractivity contribution in [1.82, 2.24) is 9.97 Å². The van der Waals surface area contributed by atoms with E-state index in [-0.39, 0.29) is 5.56 Å². The van der Waals surface area contributed by atoms with Crippen LogP contribution in [-0.4, -0.2) is 32.5 Å². The number of aromatic carboxylic acids is 1. The lowest BCUT2D eigenvalue weighted by Crippen LogP contribution is -2.21. The molecule has 0 radical (unpaired) electrons. The van der Waals surface area contributed by atoms with E-state index in [0.717, 1.165) is 101 Å². The van der Waals surface area contributed by atoms with Crippen molar-refractivity contribution in [2.24, 2.45) is 9.98 Å². The predicted octanol–water partition coefficient (Wildman–Crippen LogP) is 9.36. The van der Waals surface area contributed by atoms with E-state index in [1.54, 1.807) is 12.1 Å². The van der Waals surface area contributed by atoms with Crippen molar-refractivity contribution in [3.05, 3.63) is 249 Å². The van der Waals surface area contributed by atoms with E-state index < -0.39 is 5.97 Å². The Morgan fingerprint density at radius 2 is 0.877 bits per heavy atom. The summed E-state index contributed by atoms with van der Waals surface area (Å²) in [5, 5.41) is 11.7. The van der Waals surface area contributed by atoms with E-state index in [4.69, 9.17) is 9.98 Å². The van der Waals surface area contributed by atoms with Gasteiger partial charge in [-0.3, -0.25) is 0 Å². The molecule has 6 heteroatoms. The minimum atomic E-state index is -0.972. The number of benzene rings is 5. The first-order valence-electron chi connectivity index (χ1n) is 18.8. The number of nitrogens with zero attached hydrogens (tertiary/aromatic N) is 2. The highest BCUT2D eigenvalue weighted by atomic mass is 16.4. The molecule has 10 rings (SSSR count). The molecule has 2 aromatic heterocycles. The lowest BCUT2D eigenvalue weighted by Gasteiger charge is -2.12. The van der Waals surface area contributed by atoms with Crippen LogP contribution in [0.2, 0.25) is 0 Å². The molecule has 0 spiro atoms. The molecule has 0 unspecified atom stereocenters. The van der Waals surface area contributed by atoms with Crippen LogP contribution in [0.3, 0.4) is 0 Å². The first-order chi connectivity index (χ1) is 28.1. The second kappa shape index (κ2) is 14.1. The number of aromatic nitrogens is 2. The Labute approximate surface area is 329 Å². The Kier molecular flexibility index (Phi) is 8.34. The highest BCUT2D eigenvalue weighted by molar-refractivity contribution is 6.31. The number of nitrogens with one attached hydrogen (secondary N) is 2. The molecule has 270 valence electrons. The molecule has 57 heavy (non-hydrogen) atoms. The maximum Gasteiger partial charge on any atom is 0.335 e. The van der Waals surface area contributed by atoms with Crippen LogP contribution >= 0.6 is 0 Å². The van der Waals surface area contributed by atoms with Crippen molar-refractivity contribution in [1.29, 1.82) is 0 Å². The average Bonchev–Trinajstić information content (AvgIpc) is 4.10. The SMILES string of the molecule is O=C(O)c1ccc(-c2[nH]c3cc2C(c2ccccc2)=C2C=CC(=N2)C(c2ccccc2)=c2ccc([nH]2)=C(c2ccccc2)C2=NC(=C3c3ccccc3)C=C2)cc1. The fourth-order valence-electron chi connectivity index (χ4n) is 7.95. The summed E-state index contributed by atoms with van der Waals surface area (Å²) in [7, 11) is 0. The van der Waals surface area contributed by atoms with E-state index in [1.165, 1.54) is 0 Å². The molecule has 0 amide bonds. The van der Waals surface area contributed by atoms with Gasteiger partial charge in [-0.1, -0.05) is 133 Å². The first kappa shape index (κ1) is 33.7. The highest BCUT2D eigenvalue weighted by Gasteiger charge is 2.26. The Hall–Kier alpha value is -7.83. The Bertz CT molecular complexity index is 3030. The zero-order chi connectivity index (χ0) is 38.3. The summed E-state index contributed by atoms with van der Waals surface area (Å²) in [6, 6.07) is 54.9. The maximum absolute atomic E-state index is 11.9. The number of carboxylic acids is 1. The molecule has 0 atom stereocenters. The third kappa shape index (κ3) is 6.15. The van der Waals surface area contributed by atoms with Crippen molar-refractivity contribution in [2.75, 3.05) is 0 Å². The van der Waals surface area contributed by atoms with Crippen LogP contribution in [0.25, 0.3) is 33.5 Å². The van der Waals surface area contributed by atoms with Gasteiger partial charge in [-0.25, -0.2) is 14.8 Å². The lowest BCUT2D eigenvalue weighted by molar-refractivity contribution is 0.0697. The van der Waals surface area contributed by atoms with Crippen LogP contribution in [0.4, 0.5) is 0 Å². The molecule has 7 aromatic rings. The first-order valence-corrected chi connectivity index (χ1v) is 18.8. The molecule has 5 heterocycles. The number of hydrogen-bond acceptors (Lipinski definition) is 3. The quantitative estimate of drug-likeness (QED) is 0.159. The van der Waals surface area contributed by atoms with Gasteiger partial charge in [0, 0.05) is 44.2 Å². The van der Waals surface area contributed by atoms with Gasteiger partial charge in [0.05, 0.1) is 34.1 Å². The number of carbonyl (C=O) groups is 1. The van der Waals surface area contributed by atoms with Crippen molar-refractivity contribution >= 4 is 39.7 Å². The van der Waals surface area contributed by atoms with Crippen molar-refractivity contribution in [2.45, 2.75) is 0 Å². The van der Waals surface area contributed by atoms with Gasteiger partial charge >= 0.3 is 5.97 Å². The average molecular weight is 735 g/mol. The standard InChI is InChI=1S/C51H34N4O2/c56-51(57)37-23-21-36(22-24-37)50-38-31-45(55-50)49(35-19-11-4-12-20-35)44-30-29-43(54-44)48(34-17-9-3-10-18-34)42-28-27-41(53-42)47(33-15-7-2-8-16-33)40-26-25-39(52-40)46(38)32-13-5-1-6-14-32/h1-31,53,55H,(H,56,57). The molecule has 0 saturated heterocycles. The second-order valence-electron chi connectivity index (χ2n) is 14.0. The fraction of sp³-hybridized carbons (Fsp3) is 0. The van der Waals surface area contributed by atoms with Gasteiger partial charge in [-0.2, -0.15) is 0 Å². The third-order valence-electron chi connectivity index (χ3n) is 10.6. The number of H-pyrrole nitrogens is 2. The molecule has 8 bridgehead atoms. The molecule has 0 saturated carbocycles. The molecule has 5 aromatic carbocycles. The molecular formula is C51H34N4O2. The number of aromatic amines is 2. The van der Waals surface area contributed by atoms with Crippen LogP contribution in [0, 0.1) is 0 Å². The molecule has 6 nitrogen and oxygen atoms in total. The van der Waals surface area contributed by atoms with Gasteiger partial charge in [0.25, 0.3) is 0 Å². The van der Waals surface area contributed by atoms with E-state index in [1.807, 2.05) is 60.7 Å². The van der Waals surface area contributed by atoms with Crippen LogP contribution in [-0.2, 0) is 0 Å². The van der Waals surface area contributed by atoms with E-state index in [0.29, 0.717) is 0 Å². The summed E-state index contributed by atoms with van der Waals surface area (Å²) in [6.07, 6.45) is 8.39. The number of aliphatic imine (C=N–C) groups is 2. The Morgan fingerprint density at radius 1 is 0.439 bits per heavy atom. The van der Waals surface area contributed by atoms with Crippen LogP contribution in [0.1, 0.15) is 43.9 Å². The molecule has 3 aliphatic rings. The minimum absolute atomic E-state index is 0.221. The summed E-state index contributed by atoms with van der Waals surface area (Å²) in [4.78, 5) is 30.4. The fourth-order valence-corrected chi connectivity index (χ4v) is 7.95. The topological polar surface area (TPSA) is 93.6 Å². The monoisotopic (exact) mass is 734 g/mol. The zero-order valence-corrected chi connectivity index (χ0v) is 30.6. The molecule has 0 aliphatic carbocycles. The van der Waals surface area contributed by atoms with Gasteiger partial charge in [0.15, 0.2) is 0 Å². The zero-order valence-electron chi connectivity index (χ0n) is 30.6. The Morgan fingerprint density at radius 3 is 1.35 bits per heavy atom. The number of carboxylic acid groups (broad SMARTS) is 1. The summed E-state index contributed by atoms with van der Waals surface area (Å²) in [6.45, 7) is 0. The lowest BCUT2D eigenvalue weighted by atomic mass is 9.92. The largest absolute Gasteiger partial charge is 0.478 e. The van der Waals surface area contributed by atoms with Crippen LogP contribution in [0.5, 0.6) is 0 Å². The van der Waals surface area contributed by atoms with E-state index in [9.17, 15) is 9.90 Å². The molecule has 3 aliphatic heterocycles. The van der Waals surface area contributed by atoms with Crippen molar-refractivity contribution < 1.29 is 9.90 Å². The number of allylic oxidation sites excluding steroid dienone is 4. The van der Waals surface area contributed by atoms with Crippen molar-refractivity contribution in [3.63, 3.8) is 0 Å². The maximum atomic E-state index is 11.9. The molecular weight excluding hydrogens is 701 g/mol. The highest BCUT2D eigenvalue weighted by Crippen LogP contribution is 2.41. The summed E-state index contributed by atoms with van der Waals surface area (Å²) in [5.74, 6) is -0.972. The second-order valence-corrected chi connectivity index (χ2v) is 14.0. The Balaban J connectivity index is 1.36. The van der Waals surface area contributed by atoms with Gasteiger partial charge in [-0.15, -0.1) is 0 Å². The number of rotatable bonds is 6. The smallest absolute Gasteiger partial charge is 0.335 e. The summed E-state index contributed by atoms with van der Waals surface area (Å²) < 4.78 is 0. The normalized spacial score (nSPS) is 14.7. The molecule has 3 N–H and O–H groups in total. The van der Waals surface area contributed by atoms with Gasteiger partial charge in [0.2, 0.25) is 0 Å². The van der Waals surface area contributed by atoms with Gasteiger partial charge in [0.1, 0.15) is 0 Å². The van der Waals surface area contributed by atoms with Crippen LogP contribution < -0.4 is 10.7 Å². The van der Waals surface area contributed by atoms with Crippen molar-refractivity contribution in [3.8, 4) is 11.3 Å². The third-order valence-corrected chi connectivity index (χ3v) is 10.6. The van der Waals surface area contributed by atoms with Crippen LogP contribution in [0.15, 0.2) is 209 Å². The van der Waals surface area contributed by atoms with Gasteiger partial charge in [-0.05, 0) is 82.5 Å². The minimum Gasteiger partial charge on any atom is -0.478 e. The van der Waals surface area contributed by atoms with Gasteiger partial charge < -0.3 is 15.1 Å². The summed E-state index contributed by atoms with van der Waals surface area (Å²) >= 11 is 0. The van der Waals surface area contributed by atoms with E-state index in [2.05, 4.69) is 125 Å². The van der Waals surface area contributed by atoms with E-state index >= 15 is 0 Å². The summed E-state index contributed by atoms with van der Waals surface area (Å²) in [5.41, 5.74) is 14.9. The number of fused-ring (bicyclic) bond motifs is 6. The number of hydrogen-bond donors (Lipinski definition) is 3.